The third-order valence-electron chi connectivity index (χ3n) is 6.97. The van der Waals surface area contributed by atoms with Crippen LogP contribution in [0.15, 0.2) is 0 Å². The summed E-state index contributed by atoms with van der Waals surface area (Å²) < 4.78 is 11.5. The number of rotatable bonds is 8. The highest BCUT2D eigenvalue weighted by molar-refractivity contribution is 5.81. The van der Waals surface area contributed by atoms with Crippen LogP contribution in [-0.2, 0) is 14.3 Å². The molecule has 152 valence electrons. The van der Waals surface area contributed by atoms with E-state index in [1.165, 1.54) is 25.7 Å². The van der Waals surface area contributed by atoms with Gasteiger partial charge in [-0.15, -0.1) is 0 Å². The molecule has 0 heterocycles. The third kappa shape index (κ3) is 5.03. The van der Waals surface area contributed by atoms with Crippen LogP contribution in [-0.4, -0.2) is 18.9 Å². The molecule has 0 aromatic heterocycles. The molecule has 0 bridgehead atoms. The van der Waals surface area contributed by atoms with Crippen LogP contribution in [0.1, 0.15) is 100 Å². The molecule has 2 aliphatic rings. The summed E-state index contributed by atoms with van der Waals surface area (Å²) in [4.78, 5) is 12.8. The fraction of sp³-hybridized carbons (Fsp3) is 0.957. The smallest absolute Gasteiger partial charge is 0.314 e. The molecule has 0 aliphatic heterocycles. The van der Waals surface area contributed by atoms with E-state index in [2.05, 4.69) is 55.4 Å². The zero-order valence-electron chi connectivity index (χ0n) is 18.5. The molecular weight excluding hydrogens is 324 g/mol. The van der Waals surface area contributed by atoms with Gasteiger partial charge in [-0.3, -0.25) is 4.79 Å². The van der Waals surface area contributed by atoms with E-state index in [1.807, 2.05) is 0 Å². The summed E-state index contributed by atoms with van der Waals surface area (Å²) in [5.74, 6) is 0.808. The second-order valence-corrected chi connectivity index (χ2v) is 11.4. The molecule has 0 amide bonds. The van der Waals surface area contributed by atoms with E-state index < -0.39 is 0 Å². The zero-order chi connectivity index (χ0) is 19.8. The second kappa shape index (κ2) is 7.45. The van der Waals surface area contributed by atoms with Crippen LogP contribution in [0.5, 0.6) is 0 Å². The van der Waals surface area contributed by atoms with Crippen LogP contribution >= 0.6 is 0 Å². The number of hydrogen-bond acceptors (Lipinski definition) is 3. The largest absolute Gasteiger partial charge is 0.438 e. The number of hydrogen-bond donors (Lipinski definition) is 0. The lowest BCUT2D eigenvalue weighted by molar-refractivity contribution is -0.170. The van der Waals surface area contributed by atoms with Crippen molar-refractivity contribution in [2.24, 2.45) is 27.6 Å². The second-order valence-electron chi connectivity index (χ2n) is 11.4. The molecule has 3 nitrogen and oxygen atoms in total. The minimum Gasteiger partial charge on any atom is -0.438 e. The zero-order valence-corrected chi connectivity index (χ0v) is 18.5. The van der Waals surface area contributed by atoms with Crippen molar-refractivity contribution >= 4 is 5.97 Å². The maximum atomic E-state index is 12.8. The average Bonchev–Trinajstić information content (AvgIpc) is 2.84. The topological polar surface area (TPSA) is 35.5 Å². The lowest BCUT2D eigenvalue weighted by atomic mass is 9.79. The quantitative estimate of drug-likeness (QED) is 0.371. The Morgan fingerprint density at radius 3 is 2.31 bits per heavy atom. The van der Waals surface area contributed by atoms with E-state index in [9.17, 15) is 4.79 Å². The van der Waals surface area contributed by atoms with Gasteiger partial charge in [0.15, 0.2) is 6.79 Å². The molecule has 2 saturated carbocycles. The van der Waals surface area contributed by atoms with Gasteiger partial charge in [0.2, 0.25) is 0 Å². The van der Waals surface area contributed by atoms with Crippen LogP contribution in [0.4, 0.5) is 0 Å². The Hall–Kier alpha value is -0.570. The number of carbonyl (C=O) groups excluding carboxylic acids is 1. The molecule has 26 heavy (non-hydrogen) atoms. The van der Waals surface area contributed by atoms with E-state index in [4.69, 9.17) is 9.47 Å². The Balaban J connectivity index is 1.79. The maximum absolute atomic E-state index is 12.8. The Kier molecular flexibility index (Phi) is 6.23. The average molecular weight is 367 g/mol. The van der Waals surface area contributed by atoms with Gasteiger partial charge in [-0.1, -0.05) is 54.9 Å². The van der Waals surface area contributed by atoms with Gasteiger partial charge in [0, 0.05) is 0 Å². The van der Waals surface area contributed by atoms with Crippen molar-refractivity contribution in [1.82, 2.24) is 0 Å². The molecule has 2 rings (SSSR count). The normalized spacial score (nSPS) is 34.5. The van der Waals surface area contributed by atoms with E-state index >= 15 is 0 Å². The number of esters is 1. The monoisotopic (exact) mass is 366 g/mol. The summed E-state index contributed by atoms with van der Waals surface area (Å²) in [6, 6.07) is 0. The first kappa shape index (κ1) is 21.7. The first-order valence-electron chi connectivity index (χ1n) is 10.6. The molecule has 0 radical (unpaired) electrons. The standard InChI is InChI=1S/C23H42O3/c1-9-18-10-11-22(8,13-18)12-17(2)25-16-26-19(24)23(14-20(3,4)5)15-21(23,6)7/h17-18H,9-16H2,1-8H3. The van der Waals surface area contributed by atoms with Crippen LogP contribution in [0.3, 0.4) is 0 Å². The first-order chi connectivity index (χ1) is 11.8. The SMILES string of the molecule is CCC1CCC(C)(CC(C)OCOC(=O)C2(CC(C)(C)C)CC2(C)C)C1. The molecule has 0 N–H and O–H groups in total. The molecule has 0 aromatic rings. The fourth-order valence-electron chi connectivity index (χ4n) is 5.42. The summed E-state index contributed by atoms with van der Waals surface area (Å²) in [6.07, 6.45) is 8.21. The molecule has 4 atom stereocenters. The van der Waals surface area contributed by atoms with Crippen molar-refractivity contribution in [3.63, 3.8) is 0 Å². The Morgan fingerprint density at radius 1 is 1.23 bits per heavy atom. The lowest BCUT2D eigenvalue weighted by Gasteiger charge is -2.29. The van der Waals surface area contributed by atoms with Gasteiger partial charge in [-0.2, -0.15) is 0 Å². The highest BCUT2D eigenvalue weighted by Gasteiger charge is 2.67. The van der Waals surface area contributed by atoms with Gasteiger partial charge in [0.25, 0.3) is 0 Å². The van der Waals surface area contributed by atoms with Crippen LogP contribution in [0, 0.1) is 27.6 Å². The molecule has 2 aliphatic carbocycles. The van der Waals surface area contributed by atoms with Crippen molar-refractivity contribution in [3.05, 3.63) is 0 Å². The highest BCUT2D eigenvalue weighted by Crippen LogP contribution is 2.68. The summed E-state index contributed by atoms with van der Waals surface area (Å²) >= 11 is 0. The van der Waals surface area contributed by atoms with Crippen LogP contribution in [0.2, 0.25) is 0 Å². The molecule has 0 spiro atoms. The molecule has 2 fully saturated rings. The molecule has 3 heteroatoms. The van der Waals surface area contributed by atoms with Gasteiger partial charge in [0.1, 0.15) is 0 Å². The van der Waals surface area contributed by atoms with Gasteiger partial charge >= 0.3 is 5.97 Å². The fourth-order valence-corrected chi connectivity index (χ4v) is 5.42. The van der Waals surface area contributed by atoms with Gasteiger partial charge in [-0.25, -0.2) is 0 Å². The van der Waals surface area contributed by atoms with E-state index in [-0.39, 0.29) is 35.1 Å². The Morgan fingerprint density at radius 2 is 1.85 bits per heavy atom. The van der Waals surface area contributed by atoms with Gasteiger partial charge in [0.05, 0.1) is 11.5 Å². The highest BCUT2D eigenvalue weighted by atomic mass is 16.7. The van der Waals surface area contributed by atoms with Crippen molar-refractivity contribution in [2.45, 2.75) is 106 Å². The van der Waals surface area contributed by atoms with Crippen molar-refractivity contribution < 1.29 is 14.3 Å². The summed E-state index contributed by atoms with van der Waals surface area (Å²) in [6.45, 7) is 17.8. The minimum atomic E-state index is -0.330. The van der Waals surface area contributed by atoms with Crippen LogP contribution in [0.25, 0.3) is 0 Å². The predicted molar refractivity (Wildman–Crippen MR) is 107 cm³/mol. The van der Waals surface area contributed by atoms with Crippen LogP contribution < -0.4 is 0 Å². The number of carbonyl (C=O) groups is 1. The summed E-state index contributed by atoms with van der Waals surface area (Å²) in [5.41, 5.74) is 0.211. The third-order valence-corrected chi connectivity index (χ3v) is 6.97. The minimum absolute atomic E-state index is 0.0372. The maximum Gasteiger partial charge on any atom is 0.314 e. The van der Waals surface area contributed by atoms with E-state index in [0.717, 1.165) is 25.2 Å². The molecular formula is C23H42O3. The first-order valence-corrected chi connectivity index (χ1v) is 10.6. The van der Waals surface area contributed by atoms with Gasteiger partial charge < -0.3 is 9.47 Å². The van der Waals surface area contributed by atoms with E-state index in [1.54, 1.807) is 0 Å². The Labute approximate surface area is 161 Å². The van der Waals surface area contributed by atoms with Crippen molar-refractivity contribution in [2.75, 3.05) is 6.79 Å². The van der Waals surface area contributed by atoms with Gasteiger partial charge in [-0.05, 0) is 67.6 Å². The van der Waals surface area contributed by atoms with Crippen molar-refractivity contribution in [3.8, 4) is 0 Å². The van der Waals surface area contributed by atoms with Crippen molar-refractivity contribution in [1.29, 1.82) is 0 Å². The summed E-state index contributed by atoms with van der Waals surface area (Å²) in [7, 11) is 0. The summed E-state index contributed by atoms with van der Waals surface area (Å²) in [5, 5.41) is 0. The lowest BCUT2D eigenvalue weighted by Crippen LogP contribution is -2.30. The molecule has 0 saturated heterocycles. The predicted octanol–water partition coefficient (Wildman–Crippen LogP) is 6.35. The Bertz CT molecular complexity index is 504. The molecule has 0 aromatic carbocycles. The number of ether oxygens (including phenoxy) is 2. The van der Waals surface area contributed by atoms with E-state index in [0.29, 0.717) is 5.41 Å². The molecule has 4 unspecified atom stereocenters.